The summed E-state index contributed by atoms with van der Waals surface area (Å²) in [6, 6.07) is 3.76. The Hall–Kier alpha value is -2.70. The van der Waals surface area contributed by atoms with Crippen molar-refractivity contribution in [2.75, 3.05) is 13.1 Å². The molecule has 28 heavy (non-hydrogen) atoms. The first kappa shape index (κ1) is 18.7. The average Bonchev–Trinajstić information content (AvgIpc) is 2.92. The molecule has 0 bridgehead atoms. The maximum absolute atomic E-state index is 13.1. The predicted molar refractivity (Wildman–Crippen MR) is 105 cm³/mol. The number of carbonyl (C=O) groups is 2. The molecule has 2 aromatic heterocycles. The second kappa shape index (κ2) is 8.54. The molecule has 4 heterocycles. The number of nitrogens with one attached hydrogen (secondary N) is 1. The van der Waals surface area contributed by atoms with Crippen molar-refractivity contribution >= 4 is 11.8 Å². The number of nitrogens with zero attached hydrogens (tertiary/aromatic N) is 4. The molecule has 7 nitrogen and oxygen atoms in total. The largest absolute Gasteiger partial charge is 0.345 e. The van der Waals surface area contributed by atoms with Crippen LogP contribution in [0.4, 0.5) is 0 Å². The third-order valence-electron chi connectivity index (χ3n) is 5.59. The number of hydrogen-bond donors (Lipinski definition) is 1. The number of hydrogen-bond acceptors (Lipinski definition) is 4. The molecule has 7 heteroatoms. The van der Waals surface area contributed by atoms with E-state index in [9.17, 15) is 9.59 Å². The molecule has 4 rings (SSSR count). The van der Waals surface area contributed by atoms with Crippen LogP contribution in [0.5, 0.6) is 0 Å². The fourth-order valence-corrected chi connectivity index (χ4v) is 4.08. The van der Waals surface area contributed by atoms with Crippen molar-refractivity contribution in [3.05, 3.63) is 47.3 Å². The molecule has 0 radical (unpaired) electrons. The standard InChI is InChI=1S/C21H27N5O2/c27-20(23-15-16-8-7-10-22-14-16)19-24-18(17-9-3-6-13-26(17)19)21(28)25-11-4-1-2-5-12-25/h7-8,10,14H,1-6,9,11-13,15H2,(H,23,27). The van der Waals surface area contributed by atoms with Crippen LogP contribution in [0, 0.1) is 0 Å². The number of carbonyl (C=O) groups excluding carboxylic acids is 2. The van der Waals surface area contributed by atoms with Crippen molar-refractivity contribution in [1.29, 1.82) is 0 Å². The molecule has 1 fully saturated rings. The topological polar surface area (TPSA) is 80.1 Å². The zero-order valence-corrected chi connectivity index (χ0v) is 16.2. The van der Waals surface area contributed by atoms with Gasteiger partial charge in [-0.2, -0.15) is 0 Å². The molecule has 0 saturated carbocycles. The summed E-state index contributed by atoms with van der Waals surface area (Å²) >= 11 is 0. The first-order valence-corrected chi connectivity index (χ1v) is 10.3. The SMILES string of the molecule is O=C(NCc1cccnc1)c1nc(C(=O)N2CCCCCC2)c2n1CCCC2. The molecular weight excluding hydrogens is 354 g/mol. The second-order valence-electron chi connectivity index (χ2n) is 7.59. The number of pyridine rings is 1. The highest BCUT2D eigenvalue weighted by atomic mass is 16.2. The quantitative estimate of drug-likeness (QED) is 0.883. The van der Waals surface area contributed by atoms with Gasteiger partial charge < -0.3 is 14.8 Å². The lowest BCUT2D eigenvalue weighted by Crippen LogP contribution is -2.33. The Bertz CT molecular complexity index is 838. The first-order chi connectivity index (χ1) is 13.7. The van der Waals surface area contributed by atoms with Crippen molar-refractivity contribution in [3.8, 4) is 0 Å². The van der Waals surface area contributed by atoms with E-state index in [1.165, 1.54) is 12.8 Å². The summed E-state index contributed by atoms with van der Waals surface area (Å²) in [5.74, 6) is 0.109. The van der Waals surface area contributed by atoms with Gasteiger partial charge in [0.25, 0.3) is 11.8 Å². The van der Waals surface area contributed by atoms with Crippen LogP contribution in [-0.2, 0) is 19.5 Å². The van der Waals surface area contributed by atoms with Gasteiger partial charge in [-0.05, 0) is 43.7 Å². The lowest BCUT2D eigenvalue weighted by Gasteiger charge is -2.21. The van der Waals surface area contributed by atoms with Crippen LogP contribution in [0.1, 0.15) is 70.9 Å². The third kappa shape index (κ3) is 3.93. The normalized spacial score (nSPS) is 16.9. The van der Waals surface area contributed by atoms with Crippen molar-refractivity contribution in [3.63, 3.8) is 0 Å². The Balaban J connectivity index is 1.56. The lowest BCUT2D eigenvalue weighted by atomic mass is 10.1. The molecule has 0 aromatic carbocycles. The van der Waals surface area contributed by atoms with Crippen LogP contribution in [0.15, 0.2) is 24.5 Å². The van der Waals surface area contributed by atoms with Gasteiger partial charge in [0.1, 0.15) is 5.69 Å². The maximum atomic E-state index is 13.1. The molecule has 2 aromatic rings. The summed E-state index contributed by atoms with van der Waals surface area (Å²) in [7, 11) is 0. The minimum Gasteiger partial charge on any atom is -0.345 e. The van der Waals surface area contributed by atoms with E-state index < -0.39 is 0 Å². The van der Waals surface area contributed by atoms with Gasteiger partial charge in [0.2, 0.25) is 0 Å². The Morgan fingerprint density at radius 2 is 1.82 bits per heavy atom. The summed E-state index contributed by atoms with van der Waals surface area (Å²) in [6.07, 6.45) is 10.7. The summed E-state index contributed by atoms with van der Waals surface area (Å²) in [6.45, 7) is 2.71. The van der Waals surface area contributed by atoms with Gasteiger partial charge in [0.05, 0.1) is 5.69 Å². The number of rotatable bonds is 4. The first-order valence-electron chi connectivity index (χ1n) is 10.3. The monoisotopic (exact) mass is 381 g/mol. The van der Waals surface area contributed by atoms with Crippen LogP contribution in [0.25, 0.3) is 0 Å². The molecule has 0 aliphatic carbocycles. The van der Waals surface area contributed by atoms with Crippen molar-refractivity contribution < 1.29 is 9.59 Å². The van der Waals surface area contributed by atoms with E-state index in [1.54, 1.807) is 12.4 Å². The van der Waals surface area contributed by atoms with Gasteiger partial charge >= 0.3 is 0 Å². The Kier molecular flexibility index (Phi) is 5.69. The third-order valence-corrected chi connectivity index (χ3v) is 5.59. The van der Waals surface area contributed by atoms with E-state index in [1.807, 2.05) is 21.6 Å². The number of fused-ring (bicyclic) bond motifs is 1. The van der Waals surface area contributed by atoms with Crippen LogP contribution in [0.3, 0.4) is 0 Å². The number of imidazole rings is 1. The summed E-state index contributed by atoms with van der Waals surface area (Å²) in [5.41, 5.74) is 2.34. The van der Waals surface area contributed by atoms with Crippen LogP contribution < -0.4 is 5.32 Å². The fraction of sp³-hybridized carbons (Fsp3) is 0.524. The number of likely N-dealkylation sites (tertiary alicyclic amines) is 1. The number of amides is 2. The smallest absolute Gasteiger partial charge is 0.287 e. The molecule has 2 amide bonds. The van der Waals surface area contributed by atoms with E-state index in [0.717, 1.165) is 63.0 Å². The minimum atomic E-state index is -0.234. The highest BCUT2D eigenvalue weighted by Crippen LogP contribution is 2.23. The van der Waals surface area contributed by atoms with Crippen LogP contribution >= 0.6 is 0 Å². The number of aromatic nitrogens is 3. The van der Waals surface area contributed by atoms with E-state index in [2.05, 4.69) is 15.3 Å². The molecule has 2 aliphatic heterocycles. The molecule has 2 aliphatic rings. The fourth-order valence-electron chi connectivity index (χ4n) is 4.08. The van der Waals surface area contributed by atoms with Crippen molar-refractivity contribution in [2.24, 2.45) is 0 Å². The molecule has 0 spiro atoms. The van der Waals surface area contributed by atoms with E-state index >= 15 is 0 Å². The van der Waals surface area contributed by atoms with Gasteiger partial charge in [-0.15, -0.1) is 0 Å². The summed E-state index contributed by atoms with van der Waals surface area (Å²) in [4.78, 5) is 36.5. The van der Waals surface area contributed by atoms with E-state index in [-0.39, 0.29) is 11.8 Å². The molecule has 0 atom stereocenters. The van der Waals surface area contributed by atoms with Crippen LogP contribution in [-0.4, -0.2) is 44.3 Å². The molecular formula is C21H27N5O2. The van der Waals surface area contributed by atoms with Gasteiger partial charge in [-0.3, -0.25) is 14.6 Å². The Morgan fingerprint density at radius 3 is 2.57 bits per heavy atom. The molecule has 0 unspecified atom stereocenters. The van der Waals surface area contributed by atoms with Crippen molar-refractivity contribution in [1.82, 2.24) is 24.8 Å². The zero-order valence-electron chi connectivity index (χ0n) is 16.2. The zero-order chi connectivity index (χ0) is 19.3. The molecule has 148 valence electrons. The summed E-state index contributed by atoms with van der Waals surface area (Å²) in [5, 5.41) is 2.92. The van der Waals surface area contributed by atoms with Crippen LogP contribution in [0.2, 0.25) is 0 Å². The van der Waals surface area contributed by atoms with E-state index in [4.69, 9.17) is 0 Å². The predicted octanol–water partition coefficient (Wildman–Crippen LogP) is 2.56. The van der Waals surface area contributed by atoms with E-state index in [0.29, 0.717) is 18.1 Å². The second-order valence-corrected chi connectivity index (χ2v) is 7.59. The Labute approximate surface area is 165 Å². The summed E-state index contributed by atoms with van der Waals surface area (Å²) < 4.78 is 1.95. The highest BCUT2D eigenvalue weighted by Gasteiger charge is 2.30. The average molecular weight is 381 g/mol. The molecule has 1 N–H and O–H groups in total. The van der Waals surface area contributed by atoms with Gasteiger partial charge in [0, 0.05) is 38.6 Å². The maximum Gasteiger partial charge on any atom is 0.287 e. The van der Waals surface area contributed by atoms with Gasteiger partial charge in [-0.25, -0.2) is 4.98 Å². The van der Waals surface area contributed by atoms with Gasteiger partial charge in [0.15, 0.2) is 5.82 Å². The highest BCUT2D eigenvalue weighted by molar-refractivity contribution is 5.97. The van der Waals surface area contributed by atoms with Crippen molar-refractivity contribution in [2.45, 2.75) is 58.0 Å². The molecule has 1 saturated heterocycles. The Morgan fingerprint density at radius 1 is 1.04 bits per heavy atom. The minimum absolute atomic E-state index is 0.0149. The lowest BCUT2D eigenvalue weighted by molar-refractivity contribution is 0.0754. The van der Waals surface area contributed by atoms with Gasteiger partial charge in [-0.1, -0.05) is 18.9 Å².